The molecule has 1 unspecified atom stereocenters. The van der Waals surface area contributed by atoms with Gasteiger partial charge in [-0.25, -0.2) is 4.79 Å². The molecule has 0 aromatic rings. The number of amides is 3. The average molecular weight is 205 g/mol. The molecule has 5 nitrogen and oxygen atoms in total. The molecule has 76 valence electrons. The monoisotopic (exact) mass is 205 g/mol. The van der Waals surface area contributed by atoms with Crippen molar-refractivity contribution >= 4 is 23.7 Å². The zero-order valence-electron chi connectivity index (χ0n) is 7.79. The van der Waals surface area contributed by atoms with Gasteiger partial charge in [0.25, 0.3) is 0 Å². The molecule has 0 aromatic heterocycles. The lowest BCUT2D eigenvalue weighted by Crippen LogP contribution is -2.41. The number of urea groups is 1. The molecule has 0 radical (unpaired) electrons. The summed E-state index contributed by atoms with van der Waals surface area (Å²) in [7, 11) is 1.46. The number of hydrogen-bond acceptors (Lipinski definition) is 4. The molecule has 0 saturated carbocycles. The van der Waals surface area contributed by atoms with Gasteiger partial charge >= 0.3 is 6.03 Å². The minimum Gasteiger partial charge on any atom is -0.341 e. The van der Waals surface area contributed by atoms with Crippen molar-refractivity contribution in [2.75, 3.05) is 19.3 Å². The molecule has 0 aromatic carbocycles. The van der Waals surface area contributed by atoms with E-state index in [0.29, 0.717) is 12.3 Å². The van der Waals surface area contributed by atoms with E-state index in [4.69, 9.17) is 5.73 Å². The van der Waals surface area contributed by atoms with E-state index in [9.17, 15) is 9.59 Å². The first kappa shape index (κ1) is 12.2. The third-order valence-corrected chi connectivity index (χ3v) is 2.50. The number of nitrogens with two attached hydrogens (primary N) is 1. The SMILES string of the molecule is CNC(=O)NC(=O)C(C)SCCN. The summed E-state index contributed by atoms with van der Waals surface area (Å²) in [5, 5.41) is 4.24. The van der Waals surface area contributed by atoms with Gasteiger partial charge in [0.15, 0.2) is 0 Å². The molecule has 13 heavy (non-hydrogen) atoms. The van der Waals surface area contributed by atoms with E-state index < -0.39 is 6.03 Å². The lowest BCUT2D eigenvalue weighted by atomic mass is 10.4. The molecule has 1 atom stereocenters. The summed E-state index contributed by atoms with van der Waals surface area (Å²) >= 11 is 1.42. The minimum absolute atomic E-state index is 0.249. The first-order valence-corrected chi connectivity index (χ1v) is 5.01. The molecular formula is C7H15N3O2S. The van der Waals surface area contributed by atoms with Crippen LogP contribution in [0.4, 0.5) is 4.79 Å². The Labute approximate surface area is 81.8 Å². The van der Waals surface area contributed by atoms with Gasteiger partial charge in [-0.15, -0.1) is 11.8 Å². The van der Waals surface area contributed by atoms with Crippen LogP contribution in [0.25, 0.3) is 0 Å². The maximum Gasteiger partial charge on any atom is 0.321 e. The van der Waals surface area contributed by atoms with Gasteiger partial charge in [0.2, 0.25) is 5.91 Å². The first-order valence-electron chi connectivity index (χ1n) is 3.96. The quantitative estimate of drug-likeness (QED) is 0.579. The summed E-state index contributed by atoms with van der Waals surface area (Å²) in [6.07, 6.45) is 0. The van der Waals surface area contributed by atoms with Crippen molar-refractivity contribution in [3.05, 3.63) is 0 Å². The van der Waals surface area contributed by atoms with E-state index in [0.717, 1.165) is 0 Å². The molecule has 0 aliphatic heterocycles. The Bertz CT molecular complexity index is 187. The van der Waals surface area contributed by atoms with Crippen molar-refractivity contribution in [3.63, 3.8) is 0 Å². The van der Waals surface area contributed by atoms with Gasteiger partial charge in [-0.05, 0) is 6.92 Å². The van der Waals surface area contributed by atoms with E-state index in [1.165, 1.54) is 18.8 Å². The molecular weight excluding hydrogens is 190 g/mol. The van der Waals surface area contributed by atoms with E-state index in [2.05, 4.69) is 10.6 Å². The predicted molar refractivity (Wildman–Crippen MR) is 53.6 cm³/mol. The molecule has 0 heterocycles. The minimum atomic E-state index is -0.481. The molecule has 3 amide bonds. The maximum absolute atomic E-state index is 11.2. The van der Waals surface area contributed by atoms with Gasteiger partial charge < -0.3 is 11.1 Å². The van der Waals surface area contributed by atoms with E-state index in [1.54, 1.807) is 6.92 Å². The Kier molecular flexibility index (Phi) is 6.34. The van der Waals surface area contributed by atoms with Gasteiger partial charge in [0.05, 0.1) is 5.25 Å². The summed E-state index contributed by atoms with van der Waals surface area (Å²) in [5.41, 5.74) is 5.27. The highest BCUT2D eigenvalue weighted by atomic mass is 32.2. The zero-order chi connectivity index (χ0) is 10.3. The maximum atomic E-state index is 11.2. The van der Waals surface area contributed by atoms with Crippen LogP contribution in [-0.2, 0) is 4.79 Å². The van der Waals surface area contributed by atoms with Crippen LogP contribution < -0.4 is 16.4 Å². The van der Waals surface area contributed by atoms with Crippen LogP contribution in [0.3, 0.4) is 0 Å². The second-order valence-corrected chi connectivity index (χ2v) is 3.82. The number of thioether (sulfide) groups is 1. The highest BCUT2D eigenvalue weighted by Gasteiger charge is 2.14. The van der Waals surface area contributed by atoms with Crippen LogP contribution in [0.1, 0.15) is 6.92 Å². The lowest BCUT2D eigenvalue weighted by Gasteiger charge is -2.09. The topological polar surface area (TPSA) is 84.2 Å². The fraction of sp³-hybridized carbons (Fsp3) is 0.714. The van der Waals surface area contributed by atoms with Crippen molar-refractivity contribution in [3.8, 4) is 0 Å². The second-order valence-electron chi connectivity index (χ2n) is 2.37. The third kappa shape index (κ3) is 5.48. The number of rotatable bonds is 4. The molecule has 0 bridgehead atoms. The Morgan fingerprint density at radius 3 is 2.62 bits per heavy atom. The van der Waals surface area contributed by atoms with Crippen LogP contribution in [0.2, 0.25) is 0 Å². The smallest absolute Gasteiger partial charge is 0.321 e. The number of nitrogens with one attached hydrogen (secondary N) is 2. The van der Waals surface area contributed by atoms with Crippen molar-refractivity contribution in [2.45, 2.75) is 12.2 Å². The third-order valence-electron chi connectivity index (χ3n) is 1.32. The Hall–Kier alpha value is -0.750. The highest BCUT2D eigenvalue weighted by Crippen LogP contribution is 2.08. The Morgan fingerprint density at radius 2 is 2.15 bits per heavy atom. The Morgan fingerprint density at radius 1 is 1.54 bits per heavy atom. The molecule has 0 aliphatic carbocycles. The van der Waals surface area contributed by atoms with Gasteiger partial charge in [-0.1, -0.05) is 0 Å². The van der Waals surface area contributed by atoms with Crippen LogP contribution >= 0.6 is 11.8 Å². The van der Waals surface area contributed by atoms with Crippen LogP contribution in [0.5, 0.6) is 0 Å². The molecule has 0 aliphatic rings. The van der Waals surface area contributed by atoms with Crippen LogP contribution in [-0.4, -0.2) is 36.5 Å². The first-order chi connectivity index (χ1) is 6.11. The Balaban J connectivity index is 3.75. The average Bonchev–Trinajstić information content (AvgIpc) is 2.13. The largest absolute Gasteiger partial charge is 0.341 e. The van der Waals surface area contributed by atoms with Crippen molar-refractivity contribution in [1.82, 2.24) is 10.6 Å². The van der Waals surface area contributed by atoms with Crippen molar-refractivity contribution in [2.24, 2.45) is 5.73 Å². The number of carbonyl (C=O) groups excluding carboxylic acids is 2. The van der Waals surface area contributed by atoms with Crippen LogP contribution in [0.15, 0.2) is 0 Å². The molecule has 0 fully saturated rings. The normalized spacial score (nSPS) is 11.9. The van der Waals surface area contributed by atoms with Gasteiger partial charge in [-0.2, -0.15) is 0 Å². The van der Waals surface area contributed by atoms with Crippen LogP contribution in [0, 0.1) is 0 Å². The fourth-order valence-electron chi connectivity index (χ4n) is 0.597. The van der Waals surface area contributed by atoms with Gasteiger partial charge in [0, 0.05) is 19.3 Å². The van der Waals surface area contributed by atoms with Crippen molar-refractivity contribution in [1.29, 1.82) is 0 Å². The van der Waals surface area contributed by atoms with E-state index in [-0.39, 0.29) is 11.2 Å². The molecule has 4 N–H and O–H groups in total. The summed E-state index contributed by atoms with van der Waals surface area (Å²) in [4.78, 5) is 21.9. The van der Waals surface area contributed by atoms with Gasteiger partial charge in [-0.3, -0.25) is 10.1 Å². The zero-order valence-corrected chi connectivity index (χ0v) is 8.61. The van der Waals surface area contributed by atoms with Crippen molar-refractivity contribution < 1.29 is 9.59 Å². The van der Waals surface area contributed by atoms with E-state index >= 15 is 0 Å². The molecule has 0 spiro atoms. The molecule has 0 rings (SSSR count). The predicted octanol–water partition coefficient (Wildman–Crippen LogP) is -0.478. The molecule has 6 heteroatoms. The highest BCUT2D eigenvalue weighted by molar-refractivity contribution is 8.00. The standard InChI is InChI=1S/C7H15N3O2S/c1-5(13-4-3-8)6(11)10-7(12)9-2/h5H,3-4,8H2,1-2H3,(H2,9,10,11,12). The second kappa shape index (κ2) is 6.73. The van der Waals surface area contributed by atoms with Gasteiger partial charge in [0.1, 0.15) is 0 Å². The summed E-state index contributed by atoms with van der Waals surface area (Å²) < 4.78 is 0. The number of imide groups is 1. The fourth-order valence-corrected chi connectivity index (χ4v) is 1.30. The molecule has 0 saturated heterocycles. The number of carbonyl (C=O) groups is 2. The lowest BCUT2D eigenvalue weighted by molar-refractivity contribution is -0.119. The summed E-state index contributed by atoms with van der Waals surface area (Å²) in [5.74, 6) is 0.417. The summed E-state index contributed by atoms with van der Waals surface area (Å²) in [6.45, 7) is 2.26. The van der Waals surface area contributed by atoms with E-state index in [1.807, 2.05) is 0 Å². The summed E-state index contributed by atoms with van der Waals surface area (Å²) in [6, 6.07) is -0.481. The number of hydrogen-bond donors (Lipinski definition) is 3.